The summed E-state index contributed by atoms with van der Waals surface area (Å²) in [5, 5.41) is 0. The van der Waals surface area contributed by atoms with E-state index in [0.29, 0.717) is 0 Å². The Bertz CT molecular complexity index is 10.9. The standard InChI is InChI=1S/2Al.3O.2Pr/q;;3*-2;2*+3. The molecule has 0 rings (SSSR count). The second kappa shape index (κ2) is 53.9. The van der Waals surface area contributed by atoms with Gasteiger partial charge in [0.2, 0.25) is 0 Å². The van der Waals surface area contributed by atoms with Gasteiger partial charge in [0, 0.05) is 34.7 Å². The van der Waals surface area contributed by atoms with Crippen LogP contribution in [0.15, 0.2) is 0 Å². The van der Waals surface area contributed by atoms with Gasteiger partial charge in [-0.3, -0.25) is 0 Å². The maximum atomic E-state index is 0. The molecule has 0 aliphatic carbocycles. The Hall–Kier alpha value is 3.67. The summed E-state index contributed by atoms with van der Waals surface area (Å²) in [6.07, 6.45) is 0. The van der Waals surface area contributed by atoms with Crippen LogP contribution in [0.3, 0.4) is 0 Å². The van der Waals surface area contributed by atoms with Crippen LogP contribution in [0, 0.1) is 82.6 Å². The van der Waals surface area contributed by atoms with E-state index in [0.717, 1.165) is 0 Å². The van der Waals surface area contributed by atoms with E-state index in [1.807, 2.05) is 0 Å². The molecule has 0 aromatic rings. The Balaban J connectivity index is 0. The normalized spacial score (nSPS) is 0. The first-order chi connectivity index (χ1) is 0. The predicted molar refractivity (Wildman–Crippen MR) is 13.6 cm³/mol. The van der Waals surface area contributed by atoms with Crippen LogP contribution in [0.2, 0.25) is 0 Å². The molecule has 0 fully saturated rings. The second-order valence-corrected chi connectivity index (χ2v) is 0. The topological polar surface area (TPSA) is 85.5 Å². The van der Waals surface area contributed by atoms with Gasteiger partial charge in [-0.15, -0.1) is 0 Å². The van der Waals surface area contributed by atoms with Crippen LogP contribution >= 0.6 is 0 Å². The Kier molecular flexibility index (Phi) is 571. The van der Waals surface area contributed by atoms with Crippen molar-refractivity contribution in [1.82, 2.24) is 0 Å². The van der Waals surface area contributed by atoms with Gasteiger partial charge in [0.05, 0.1) is 0 Å². The van der Waals surface area contributed by atoms with E-state index in [-0.39, 0.29) is 134 Å². The van der Waals surface area contributed by atoms with Gasteiger partial charge in [-0.2, -0.15) is 0 Å². The Morgan fingerprint density at radius 2 is 0.429 bits per heavy atom. The van der Waals surface area contributed by atoms with Crippen molar-refractivity contribution in [2.24, 2.45) is 0 Å². The van der Waals surface area contributed by atoms with Crippen molar-refractivity contribution in [1.29, 1.82) is 0 Å². The second-order valence-electron chi connectivity index (χ2n) is 0. The summed E-state index contributed by atoms with van der Waals surface area (Å²) >= 11 is 0. The number of hydrogen-bond acceptors (Lipinski definition) is 0. The summed E-state index contributed by atoms with van der Waals surface area (Å²) in [5.74, 6) is 0. The summed E-state index contributed by atoms with van der Waals surface area (Å²) in [6.45, 7) is 0. The third-order valence-corrected chi connectivity index (χ3v) is 0. The zero-order valence-electron chi connectivity index (χ0n) is 3.53. The van der Waals surface area contributed by atoms with Crippen LogP contribution in [0.4, 0.5) is 0 Å². The molecule has 3 nitrogen and oxygen atoms in total. The SMILES string of the molecule is [Al].[Al].[O-2].[O-2].[O-2].[Pr+3].[Pr+3]. The molecule has 0 aliphatic rings. The summed E-state index contributed by atoms with van der Waals surface area (Å²) in [4.78, 5) is 0. The van der Waals surface area contributed by atoms with Crippen molar-refractivity contribution in [2.75, 3.05) is 0 Å². The fourth-order valence-electron chi connectivity index (χ4n) is 0. The number of hydrogen-bond donors (Lipinski definition) is 0. The van der Waals surface area contributed by atoms with Gasteiger partial charge in [0.25, 0.3) is 0 Å². The van der Waals surface area contributed by atoms with Gasteiger partial charge in [-0.1, -0.05) is 0 Å². The minimum Gasteiger partial charge on any atom is -2.00 e. The molecule has 30 valence electrons. The summed E-state index contributed by atoms with van der Waals surface area (Å²) in [5.41, 5.74) is 0. The van der Waals surface area contributed by atoms with Crippen molar-refractivity contribution in [3.63, 3.8) is 0 Å². The van der Waals surface area contributed by atoms with Crippen LogP contribution in [0.25, 0.3) is 0 Å². The molecule has 0 saturated carbocycles. The molecule has 0 N–H and O–H groups in total. The molecule has 0 aromatic heterocycles. The van der Waals surface area contributed by atoms with Crippen molar-refractivity contribution in [3.8, 4) is 0 Å². The van der Waals surface area contributed by atoms with E-state index in [1.165, 1.54) is 0 Å². The van der Waals surface area contributed by atoms with E-state index in [9.17, 15) is 0 Å². The average molecular weight is 384 g/mol. The fourth-order valence-corrected chi connectivity index (χ4v) is 0. The van der Waals surface area contributed by atoms with Gasteiger partial charge >= 0.3 is 82.6 Å². The average Bonchev–Trinajstić information content (AvgIpc) is 0. The zero-order chi connectivity index (χ0) is 0. The maximum Gasteiger partial charge on any atom is 3.00 e. The van der Waals surface area contributed by atoms with Crippen LogP contribution in [0.1, 0.15) is 0 Å². The third kappa shape index (κ3) is 42.2. The van der Waals surface area contributed by atoms with E-state index >= 15 is 0 Å². The molecule has 0 aliphatic heterocycles. The molecule has 7 heavy (non-hydrogen) atoms. The monoisotopic (exact) mass is 384 g/mol. The van der Waals surface area contributed by atoms with E-state index in [2.05, 4.69) is 0 Å². The molecule has 0 bridgehead atoms. The minimum atomic E-state index is 0. The Labute approximate surface area is 130 Å². The van der Waals surface area contributed by atoms with E-state index in [1.54, 1.807) is 0 Å². The van der Waals surface area contributed by atoms with Crippen LogP contribution in [0.5, 0.6) is 0 Å². The largest absolute Gasteiger partial charge is 3.00 e. The maximum absolute atomic E-state index is 0. The Morgan fingerprint density at radius 1 is 0.429 bits per heavy atom. The van der Waals surface area contributed by atoms with Crippen molar-refractivity contribution >= 4 is 34.7 Å². The molecule has 0 unspecified atom stereocenters. The smallest absolute Gasteiger partial charge is 2.00 e. The first-order valence-electron chi connectivity index (χ1n) is 0. The van der Waals surface area contributed by atoms with Gasteiger partial charge < -0.3 is 16.4 Å². The summed E-state index contributed by atoms with van der Waals surface area (Å²) in [6, 6.07) is 0. The first-order valence-corrected chi connectivity index (χ1v) is 0. The van der Waals surface area contributed by atoms with Crippen LogP contribution in [-0.4, -0.2) is 34.7 Å². The van der Waals surface area contributed by atoms with E-state index < -0.39 is 0 Å². The van der Waals surface area contributed by atoms with Gasteiger partial charge in [0.1, 0.15) is 0 Å². The van der Waals surface area contributed by atoms with Gasteiger partial charge in [0.15, 0.2) is 0 Å². The first kappa shape index (κ1) is 74.0. The van der Waals surface area contributed by atoms with Crippen LogP contribution in [-0.2, 0) is 16.4 Å². The molecule has 0 atom stereocenters. The quantitative estimate of drug-likeness (QED) is 0.475. The van der Waals surface area contributed by atoms with Crippen molar-refractivity contribution in [2.45, 2.75) is 0 Å². The minimum absolute atomic E-state index is 0. The van der Waals surface area contributed by atoms with E-state index in [4.69, 9.17) is 0 Å². The summed E-state index contributed by atoms with van der Waals surface area (Å²) in [7, 11) is 0. The molecular formula is Al2O3Pr2. The molecule has 0 saturated heterocycles. The van der Waals surface area contributed by atoms with Crippen LogP contribution < -0.4 is 0 Å². The molecule has 6 radical (unpaired) electrons. The third-order valence-electron chi connectivity index (χ3n) is 0. The number of rotatable bonds is 0. The van der Waals surface area contributed by atoms with Gasteiger partial charge in [-0.05, 0) is 0 Å². The zero-order valence-corrected chi connectivity index (χ0v) is 13.3. The predicted octanol–water partition coefficient (Wildman–Crippen LogP) is -1.12. The molecule has 7 heteroatoms. The van der Waals surface area contributed by atoms with Crippen molar-refractivity contribution < 1.29 is 99.0 Å². The molecule has 0 aromatic carbocycles. The Morgan fingerprint density at radius 3 is 0.429 bits per heavy atom. The van der Waals surface area contributed by atoms with Crippen molar-refractivity contribution in [3.05, 3.63) is 0 Å². The summed E-state index contributed by atoms with van der Waals surface area (Å²) < 4.78 is 0. The molecule has 0 amide bonds. The molecular weight excluding hydrogens is 384 g/mol. The molecule has 0 heterocycles. The fraction of sp³-hybridized carbons (Fsp3) is 0. The van der Waals surface area contributed by atoms with Gasteiger partial charge in [-0.25, -0.2) is 0 Å². The molecule has 0 spiro atoms.